The Kier molecular flexibility index (Phi) is 3.54. The quantitative estimate of drug-likeness (QED) is 0.668. The first-order valence-electron chi connectivity index (χ1n) is 5.55. The summed E-state index contributed by atoms with van der Waals surface area (Å²) in [6.45, 7) is 2.75. The molecule has 2 aromatic rings. The normalized spacial score (nSPS) is 10.4. The van der Waals surface area contributed by atoms with Crippen LogP contribution in [0, 0.1) is 6.92 Å². The lowest BCUT2D eigenvalue weighted by Gasteiger charge is -2.04. The van der Waals surface area contributed by atoms with Crippen molar-refractivity contribution in [1.82, 2.24) is 20.2 Å². The molecular weight excluding hydrogens is 218 g/mol. The first-order valence-corrected chi connectivity index (χ1v) is 5.55. The number of aromatic nitrogens is 4. The van der Waals surface area contributed by atoms with E-state index in [-0.39, 0.29) is 5.69 Å². The molecule has 0 aromatic carbocycles. The Morgan fingerprint density at radius 3 is 3.00 bits per heavy atom. The van der Waals surface area contributed by atoms with Crippen LogP contribution in [0.15, 0.2) is 23.0 Å². The number of anilines is 1. The van der Waals surface area contributed by atoms with Crippen molar-refractivity contribution in [2.24, 2.45) is 0 Å². The Labute approximate surface area is 98.5 Å². The van der Waals surface area contributed by atoms with Crippen LogP contribution in [0.1, 0.15) is 17.9 Å². The number of nitrogens with zero attached hydrogens (tertiary/aromatic N) is 2. The molecule has 2 heterocycles. The number of hydrogen-bond acceptors (Lipinski definition) is 4. The summed E-state index contributed by atoms with van der Waals surface area (Å²) in [6.07, 6.45) is 1.62. The lowest BCUT2D eigenvalue weighted by Crippen LogP contribution is -2.06. The van der Waals surface area contributed by atoms with Crippen molar-refractivity contribution in [2.75, 3.05) is 11.9 Å². The average Bonchev–Trinajstić information content (AvgIpc) is 2.71. The highest BCUT2D eigenvalue weighted by atomic mass is 16.1. The number of aryl methyl sites for hydroxylation is 2. The van der Waals surface area contributed by atoms with Crippen LogP contribution in [0.25, 0.3) is 0 Å². The van der Waals surface area contributed by atoms with Gasteiger partial charge in [0.2, 0.25) is 0 Å². The van der Waals surface area contributed by atoms with Crippen LogP contribution < -0.4 is 11.0 Å². The first kappa shape index (κ1) is 11.4. The minimum absolute atomic E-state index is 0.256. The summed E-state index contributed by atoms with van der Waals surface area (Å²) < 4.78 is 0. The van der Waals surface area contributed by atoms with Gasteiger partial charge in [0.15, 0.2) is 0 Å². The van der Waals surface area contributed by atoms with Crippen molar-refractivity contribution in [1.29, 1.82) is 0 Å². The van der Waals surface area contributed by atoms with Crippen molar-refractivity contribution < 1.29 is 0 Å². The highest BCUT2D eigenvalue weighted by Crippen LogP contribution is 2.03. The van der Waals surface area contributed by atoms with Crippen molar-refractivity contribution in [3.63, 3.8) is 0 Å². The summed E-state index contributed by atoms with van der Waals surface area (Å²) >= 11 is 0. The van der Waals surface area contributed by atoms with E-state index in [0.29, 0.717) is 5.82 Å². The zero-order valence-electron chi connectivity index (χ0n) is 9.66. The summed E-state index contributed by atoms with van der Waals surface area (Å²) in [5, 5.41) is 9.40. The molecule has 3 N–H and O–H groups in total. The van der Waals surface area contributed by atoms with E-state index < -0.39 is 0 Å². The smallest absolute Gasteiger partial charge is 0.340 e. The monoisotopic (exact) mass is 233 g/mol. The van der Waals surface area contributed by atoms with Gasteiger partial charge in [-0.3, -0.25) is 4.98 Å². The Balaban J connectivity index is 1.75. The maximum absolute atomic E-state index is 10.8. The molecule has 6 nitrogen and oxygen atoms in total. The van der Waals surface area contributed by atoms with E-state index in [2.05, 4.69) is 25.5 Å². The van der Waals surface area contributed by atoms with Crippen LogP contribution in [-0.2, 0) is 6.42 Å². The third-order valence-corrected chi connectivity index (χ3v) is 2.34. The highest BCUT2D eigenvalue weighted by molar-refractivity contribution is 5.34. The van der Waals surface area contributed by atoms with Crippen molar-refractivity contribution in [3.05, 3.63) is 40.2 Å². The molecule has 0 bridgehead atoms. The molecule has 0 radical (unpaired) electrons. The number of nitrogens with one attached hydrogen (secondary N) is 3. The highest BCUT2D eigenvalue weighted by Gasteiger charge is 1.98. The molecule has 0 saturated heterocycles. The van der Waals surface area contributed by atoms with E-state index in [4.69, 9.17) is 0 Å². The second kappa shape index (κ2) is 5.29. The number of aromatic amines is 2. The van der Waals surface area contributed by atoms with Crippen LogP contribution >= 0.6 is 0 Å². The largest absolute Gasteiger partial charge is 0.370 e. The van der Waals surface area contributed by atoms with Crippen LogP contribution in [0.4, 0.5) is 5.82 Å². The molecule has 0 amide bonds. The van der Waals surface area contributed by atoms with E-state index >= 15 is 0 Å². The molecule has 0 aliphatic rings. The summed E-state index contributed by atoms with van der Waals surface area (Å²) in [7, 11) is 0. The molecule has 0 aliphatic heterocycles. The molecule has 2 rings (SSSR count). The van der Waals surface area contributed by atoms with Crippen LogP contribution in [0.3, 0.4) is 0 Å². The van der Waals surface area contributed by atoms with Crippen molar-refractivity contribution in [2.45, 2.75) is 19.8 Å². The number of H-pyrrole nitrogens is 2. The van der Waals surface area contributed by atoms with E-state index in [0.717, 1.165) is 30.9 Å². The topological polar surface area (TPSA) is 86.5 Å². The second-order valence-electron chi connectivity index (χ2n) is 3.82. The van der Waals surface area contributed by atoms with Crippen molar-refractivity contribution >= 4 is 5.82 Å². The molecule has 6 heteroatoms. The molecule has 0 unspecified atom stereocenters. The van der Waals surface area contributed by atoms with E-state index in [1.54, 1.807) is 0 Å². The molecule has 90 valence electrons. The average molecular weight is 233 g/mol. The van der Waals surface area contributed by atoms with Gasteiger partial charge < -0.3 is 5.32 Å². The minimum atomic E-state index is -0.256. The van der Waals surface area contributed by atoms with Gasteiger partial charge in [0.05, 0.1) is 0 Å². The lowest BCUT2D eigenvalue weighted by atomic mass is 10.3. The fourth-order valence-electron chi connectivity index (χ4n) is 1.54. The third-order valence-electron chi connectivity index (χ3n) is 2.34. The fraction of sp³-hybridized carbons (Fsp3) is 0.364. The molecule has 0 atom stereocenters. The maximum Gasteiger partial charge on any atom is 0.340 e. The number of pyridine rings is 1. The molecule has 0 fully saturated rings. The Bertz CT molecular complexity index is 530. The maximum atomic E-state index is 10.8. The van der Waals surface area contributed by atoms with Gasteiger partial charge in [0.1, 0.15) is 11.6 Å². The lowest BCUT2D eigenvalue weighted by molar-refractivity contribution is 0.803. The SMILES string of the molecule is Cc1cccc(NCCCc2n[nH]c(=O)[nH]2)n1. The van der Waals surface area contributed by atoms with Gasteiger partial charge in [-0.15, -0.1) is 0 Å². The Morgan fingerprint density at radius 2 is 2.29 bits per heavy atom. The molecule has 0 saturated carbocycles. The summed E-state index contributed by atoms with van der Waals surface area (Å²) in [5.74, 6) is 1.56. The molecule has 2 aromatic heterocycles. The summed E-state index contributed by atoms with van der Waals surface area (Å²) in [5.41, 5.74) is 0.736. The van der Waals surface area contributed by atoms with Crippen LogP contribution in [-0.4, -0.2) is 26.7 Å². The Hall–Kier alpha value is -2.11. The first-order chi connectivity index (χ1) is 8.24. The van der Waals surface area contributed by atoms with E-state index in [9.17, 15) is 4.79 Å². The van der Waals surface area contributed by atoms with Crippen molar-refractivity contribution in [3.8, 4) is 0 Å². The van der Waals surface area contributed by atoms with Gasteiger partial charge in [-0.1, -0.05) is 6.07 Å². The van der Waals surface area contributed by atoms with Crippen LogP contribution in [0.2, 0.25) is 0 Å². The summed E-state index contributed by atoms with van der Waals surface area (Å²) in [6, 6.07) is 5.86. The van der Waals surface area contributed by atoms with Gasteiger partial charge in [-0.05, 0) is 25.5 Å². The van der Waals surface area contributed by atoms with Crippen LogP contribution in [0.5, 0.6) is 0 Å². The zero-order valence-corrected chi connectivity index (χ0v) is 9.66. The molecule has 17 heavy (non-hydrogen) atoms. The fourth-order valence-corrected chi connectivity index (χ4v) is 1.54. The number of hydrogen-bond donors (Lipinski definition) is 3. The molecule has 0 spiro atoms. The minimum Gasteiger partial charge on any atom is -0.370 e. The van der Waals surface area contributed by atoms with Gasteiger partial charge in [-0.25, -0.2) is 14.9 Å². The number of rotatable bonds is 5. The third kappa shape index (κ3) is 3.44. The second-order valence-corrected chi connectivity index (χ2v) is 3.82. The van der Waals surface area contributed by atoms with E-state index in [1.165, 1.54) is 0 Å². The van der Waals surface area contributed by atoms with Gasteiger partial charge in [-0.2, -0.15) is 5.10 Å². The predicted octanol–water partition coefficient (Wildman–Crippen LogP) is 0.846. The zero-order chi connectivity index (χ0) is 12.1. The van der Waals surface area contributed by atoms with Gasteiger partial charge >= 0.3 is 5.69 Å². The standard InChI is InChI=1S/C11H15N5O/c1-8-4-2-5-9(13-8)12-7-3-6-10-14-11(17)16-15-10/h2,4-5H,3,6-7H2,1H3,(H,12,13)(H2,14,15,16,17). The summed E-state index contributed by atoms with van der Waals surface area (Å²) in [4.78, 5) is 17.7. The molecular formula is C11H15N5O. The van der Waals surface area contributed by atoms with E-state index in [1.807, 2.05) is 25.1 Å². The molecule has 0 aliphatic carbocycles. The predicted molar refractivity (Wildman–Crippen MR) is 65.0 cm³/mol. The van der Waals surface area contributed by atoms with Gasteiger partial charge in [0.25, 0.3) is 0 Å². The van der Waals surface area contributed by atoms with Gasteiger partial charge in [0, 0.05) is 18.7 Å². The Morgan fingerprint density at radius 1 is 1.41 bits per heavy atom.